The average molecular weight is 615 g/mol. The van der Waals surface area contributed by atoms with Gasteiger partial charge in [0.2, 0.25) is 0 Å². The van der Waals surface area contributed by atoms with Crippen LogP contribution in [0.4, 0.5) is 0 Å². The number of aryl methyl sites for hydroxylation is 4. The topological polar surface area (TPSA) is 0 Å². The van der Waals surface area contributed by atoms with E-state index in [1.807, 2.05) is 0 Å². The van der Waals surface area contributed by atoms with Crippen molar-refractivity contribution in [2.75, 3.05) is 0 Å². The summed E-state index contributed by atoms with van der Waals surface area (Å²) in [5.74, 6) is 0.624. The van der Waals surface area contributed by atoms with Crippen molar-refractivity contribution < 1.29 is 49.0 Å². The molecule has 0 N–H and O–H groups in total. The summed E-state index contributed by atoms with van der Waals surface area (Å²) in [4.78, 5) is 0. The molecule has 2 aliphatic carbocycles. The Labute approximate surface area is 256 Å². The van der Waals surface area contributed by atoms with E-state index in [0.717, 1.165) is 0 Å². The van der Waals surface area contributed by atoms with Crippen molar-refractivity contribution in [3.05, 3.63) is 153 Å². The molecule has 2 atom stereocenters. The first kappa shape index (κ1) is 31.9. The summed E-state index contributed by atoms with van der Waals surface area (Å²) in [5.41, 5.74) is 13.5. The third-order valence-electron chi connectivity index (χ3n) is 6.78. The van der Waals surface area contributed by atoms with Crippen LogP contribution in [0.2, 0.25) is 0 Å². The molecular weight excluding hydrogens is 583 g/mol. The molecule has 4 aromatic rings. The fourth-order valence-electron chi connectivity index (χ4n) is 5.38. The maximum absolute atomic E-state index is 3.48. The Bertz CT molecular complexity index is 1300. The molecular formula is C35H32Cl2Zr-2. The molecule has 192 valence electrons. The zero-order valence-corrected chi connectivity index (χ0v) is 26.3. The van der Waals surface area contributed by atoms with Gasteiger partial charge in [0.25, 0.3) is 0 Å². The second kappa shape index (κ2) is 14.7. The Morgan fingerprint density at radius 2 is 0.895 bits per heavy atom. The van der Waals surface area contributed by atoms with Crippen LogP contribution in [-0.4, -0.2) is 4.21 Å². The second-order valence-corrected chi connectivity index (χ2v) is 9.48. The van der Waals surface area contributed by atoms with E-state index in [9.17, 15) is 0 Å². The SMILES string of the molecule is Cc1cc(C)c2c(c1)C=[C-]C2c1ccccc1.Cc1cc(C)c2c(c1)C=[C-]C2c1ccccc1.[CH2]=[Zr+2].[Cl-].[Cl-]. The van der Waals surface area contributed by atoms with Crippen LogP contribution in [0.5, 0.6) is 0 Å². The molecule has 3 heteroatoms. The molecule has 6 rings (SSSR count). The maximum Gasteiger partial charge on any atom is -1.00 e. The molecule has 0 saturated heterocycles. The molecule has 0 aliphatic heterocycles. The number of fused-ring (bicyclic) bond motifs is 2. The molecule has 0 fully saturated rings. The van der Waals surface area contributed by atoms with Gasteiger partial charge in [0.05, 0.1) is 0 Å². The molecule has 2 aliphatic rings. The third-order valence-corrected chi connectivity index (χ3v) is 6.78. The van der Waals surface area contributed by atoms with E-state index in [-0.39, 0.29) is 24.8 Å². The largest absolute Gasteiger partial charge is 1.00 e. The molecule has 0 nitrogen and oxygen atoms in total. The molecule has 38 heavy (non-hydrogen) atoms. The summed E-state index contributed by atoms with van der Waals surface area (Å²) < 4.78 is 3.34. The Morgan fingerprint density at radius 3 is 1.24 bits per heavy atom. The van der Waals surface area contributed by atoms with E-state index in [1.54, 1.807) is 0 Å². The van der Waals surface area contributed by atoms with Gasteiger partial charge in [-0.2, -0.15) is 11.1 Å². The van der Waals surface area contributed by atoms with Gasteiger partial charge in [-0.15, -0.1) is 23.3 Å². The Balaban J connectivity index is 0.000000239. The molecule has 0 heterocycles. The molecule has 0 amide bonds. The summed E-state index contributed by atoms with van der Waals surface area (Å²) in [6, 6.07) is 30.2. The van der Waals surface area contributed by atoms with E-state index >= 15 is 0 Å². The van der Waals surface area contributed by atoms with Crippen LogP contribution >= 0.6 is 0 Å². The predicted molar refractivity (Wildman–Crippen MR) is 151 cm³/mol. The van der Waals surface area contributed by atoms with Crippen molar-refractivity contribution >= 4 is 16.4 Å². The van der Waals surface area contributed by atoms with Crippen LogP contribution in [0, 0.1) is 39.8 Å². The molecule has 4 aromatic carbocycles. The molecule has 0 spiro atoms. The number of rotatable bonds is 2. The normalized spacial score (nSPS) is 15.5. The van der Waals surface area contributed by atoms with Gasteiger partial charge in [-0.05, 0) is 27.7 Å². The van der Waals surface area contributed by atoms with Crippen LogP contribution in [-0.2, 0) is 24.2 Å². The van der Waals surface area contributed by atoms with Crippen LogP contribution in [0.1, 0.15) is 67.5 Å². The smallest absolute Gasteiger partial charge is 1.00 e. The minimum absolute atomic E-state index is 0. The van der Waals surface area contributed by atoms with Gasteiger partial charge in [0, 0.05) is 0 Å². The third kappa shape index (κ3) is 7.01. The van der Waals surface area contributed by atoms with E-state index in [2.05, 4.69) is 141 Å². The molecule has 0 saturated carbocycles. The monoisotopic (exact) mass is 612 g/mol. The minimum atomic E-state index is 0. The molecule has 0 radical (unpaired) electrons. The standard InChI is InChI=1S/2C17H15.CH2.2ClH.Zr/c2*1-12-10-13(2)17-15(11-12)8-9-16(17)14-6-4-3-5-7-14;;;;/h2*3-8,10-11,16H,1-2H3;1H2;2*1H;/q2*-1;;;;+2/p-2. The summed E-state index contributed by atoms with van der Waals surface area (Å²) in [7, 11) is 0. The number of allylic oxidation sites excluding steroid dienone is 2. The molecule has 2 unspecified atom stereocenters. The van der Waals surface area contributed by atoms with Crippen molar-refractivity contribution in [1.82, 2.24) is 0 Å². The summed E-state index contributed by atoms with van der Waals surface area (Å²) in [5, 5.41) is 0. The quantitative estimate of drug-likeness (QED) is 0.305. The Morgan fingerprint density at radius 1 is 0.553 bits per heavy atom. The zero-order chi connectivity index (χ0) is 25.7. The molecule has 0 bridgehead atoms. The van der Waals surface area contributed by atoms with E-state index in [1.165, 1.54) is 79.9 Å². The number of halogens is 2. The van der Waals surface area contributed by atoms with Gasteiger partial charge in [-0.25, -0.2) is 12.2 Å². The first-order chi connectivity index (χ1) is 17.5. The van der Waals surface area contributed by atoms with Crippen molar-refractivity contribution in [3.8, 4) is 0 Å². The number of hydrogen-bond acceptors (Lipinski definition) is 0. The van der Waals surface area contributed by atoms with Crippen LogP contribution in [0.25, 0.3) is 12.2 Å². The van der Waals surface area contributed by atoms with Crippen molar-refractivity contribution in [1.29, 1.82) is 0 Å². The predicted octanol–water partition coefficient (Wildman–Crippen LogP) is 2.50. The fraction of sp³-hybridized carbons (Fsp3) is 0.171. The average Bonchev–Trinajstić information content (AvgIpc) is 3.52. The van der Waals surface area contributed by atoms with E-state index in [0.29, 0.717) is 11.8 Å². The number of benzene rings is 4. The Hall–Kier alpha value is -2.31. The second-order valence-electron chi connectivity index (χ2n) is 9.48. The number of hydrogen-bond donors (Lipinski definition) is 0. The van der Waals surface area contributed by atoms with Crippen molar-refractivity contribution in [2.45, 2.75) is 39.5 Å². The zero-order valence-electron chi connectivity index (χ0n) is 22.4. The minimum Gasteiger partial charge on any atom is -1.00 e. The summed E-state index contributed by atoms with van der Waals surface area (Å²) in [6.45, 7) is 8.69. The molecule has 0 aromatic heterocycles. The first-order valence-electron chi connectivity index (χ1n) is 12.4. The summed E-state index contributed by atoms with van der Waals surface area (Å²) >= 11 is 1.30. The first-order valence-corrected chi connectivity index (χ1v) is 14.1. The van der Waals surface area contributed by atoms with Crippen LogP contribution < -0.4 is 24.8 Å². The summed E-state index contributed by atoms with van der Waals surface area (Å²) in [6.07, 6.45) is 11.2. The maximum atomic E-state index is 3.48. The van der Waals surface area contributed by atoms with Gasteiger partial charge in [-0.3, -0.25) is 12.2 Å². The Kier molecular flexibility index (Phi) is 12.4. The van der Waals surface area contributed by atoms with E-state index < -0.39 is 0 Å². The van der Waals surface area contributed by atoms with Crippen LogP contribution in [0.3, 0.4) is 0 Å². The van der Waals surface area contributed by atoms with Gasteiger partial charge < -0.3 is 24.8 Å². The van der Waals surface area contributed by atoms with Crippen LogP contribution in [0.15, 0.2) is 84.9 Å². The van der Waals surface area contributed by atoms with Gasteiger partial charge >= 0.3 is 28.4 Å². The van der Waals surface area contributed by atoms with Gasteiger partial charge in [0.1, 0.15) is 0 Å². The van der Waals surface area contributed by atoms with Gasteiger partial charge in [0.15, 0.2) is 0 Å². The fourth-order valence-corrected chi connectivity index (χ4v) is 5.38. The van der Waals surface area contributed by atoms with Crippen molar-refractivity contribution in [2.24, 2.45) is 0 Å². The van der Waals surface area contributed by atoms with Crippen molar-refractivity contribution in [3.63, 3.8) is 0 Å². The van der Waals surface area contributed by atoms with E-state index in [4.69, 9.17) is 0 Å². The van der Waals surface area contributed by atoms with Gasteiger partial charge in [-0.1, -0.05) is 118 Å².